The van der Waals surface area contributed by atoms with Gasteiger partial charge in [-0.3, -0.25) is 0 Å². The lowest BCUT2D eigenvalue weighted by Crippen LogP contribution is -2.47. The van der Waals surface area contributed by atoms with Crippen LogP contribution in [0, 0.1) is 11.3 Å². The Morgan fingerprint density at radius 3 is 2.04 bits per heavy atom. The summed E-state index contributed by atoms with van der Waals surface area (Å²) in [5.41, 5.74) is -5.09. The number of alkyl halides is 3. The lowest BCUT2D eigenvalue weighted by molar-refractivity contribution is -0.0503. The smallest absolute Gasteiger partial charge is 0.203 e. The minimum atomic E-state index is -5.19. The summed E-state index contributed by atoms with van der Waals surface area (Å²) in [6.07, 6.45) is 7.81. The first kappa shape index (κ1) is 20.7. The molecule has 138 valence electrons. The van der Waals surface area contributed by atoms with E-state index in [4.69, 9.17) is 0 Å². The molecule has 0 radical (unpaired) electrons. The zero-order valence-electron chi connectivity index (χ0n) is 14.5. The van der Waals surface area contributed by atoms with E-state index >= 15 is 0 Å². The molecule has 0 amide bonds. The normalized spacial score (nSPS) is 21.3. The van der Waals surface area contributed by atoms with Crippen LogP contribution >= 0.6 is 0 Å². The summed E-state index contributed by atoms with van der Waals surface area (Å²) in [6, 6.07) is 0. The second kappa shape index (κ2) is 8.19. The summed E-state index contributed by atoms with van der Waals surface area (Å²) in [5, 5.41) is 0. The van der Waals surface area contributed by atoms with Gasteiger partial charge in [0.15, 0.2) is 0 Å². The van der Waals surface area contributed by atoms with Crippen LogP contribution in [-0.4, -0.2) is 31.3 Å². The second-order valence-corrected chi connectivity index (χ2v) is 8.87. The van der Waals surface area contributed by atoms with Crippen LogP contribution in [0.15, 0.2) is 0 Å². The third-order valence-corrected chi connectivity index (χ3v) is 7.11. The molecule has 0 aromatic heterocycles. The van der Waals surface area contributed by atoms with Crippen molar-refractivity contribution < 1.29 is 21.6 Å². The first-order valence-electron chi connectivity index (χ1n) is 8.65. The van der Waals surface area contributed by atoms with E-state index in [1.165, 1.54) is 19.3 Å². The Hall–Kier alpha value is -0.300. The van der Waals surface area contributed by atoms with E-state index in [0.717, 1.165) is 19.3 Å². The van der Waals surface area contributed by atoms with Crippen LogP contribution in [0.4, 0.5) is 13.2 Å². The lowest BCUT2D eigenvalue weighted by atomic mass is 9.68. The van der Waals surface area contributed by atoms with Crippen molar-refractivity contribution in [2.75, 3.05) is 13.1 Å². The highest BCUT2D eigenvalue weighted by molar-refractivity contribution is 7.90. The van der Waals surface area contributed by atoms with E-state index in [-0.39, 0.29) is 18.5 Å². The van der Waals surface area contributed by atoms with Crippen LogP contribution in [0.2, 0.25) is 0 Å². The summed E-state index contributed by atoms with van der Waals surface area (Å²) in [6.45, 7) is 6.46. The number of rotatable bonds is 8. The van der Waals surface area contributed by atoms with Crippen LogP contribution in [0.1, 0.15) is 72.1 Å². The largest absolute Gasteiger partial charge is 0.511 e. The highest BCUT2D eigenvalue weighted by Gasteiger charge is 2.51. The van der Waals surface area contributed by atoms with Gasteiger partial charge in [0.2, 0.25) is 0 Å². The van der Waals surface area contributed by atoms with Gasteiger partial charge in [-0.15, -0.1) is 0 Å². The molecule has 0 bridgehead atoms. The fraction of sp³-hybridized carbons (Fsp3) is 1.00. The van der Waals surface area contributed by atoms with Crippen molar-refractivity contribution in [3.8, 4) is 0 Å². The maximum Gasteiger partial charge on any atom is 0.511 e. The maximum atomic E-state index is 12.6. The molecule has 0 spiro atoms. The first-order valence-corrected chi connectivity index (χ1v) is 10.1. The van der Waals surface area contributed by atoms with Gasteiger partial charge in [0.1, 0.15) is 0 Å². The lowest BCUT2D eigenvalue weighted by Gasteiger charge is -2.42. The van der Waals surface area contributed by atoms with E-state index in [9.17, 15) is 21.6 Å². The number of sulfonamides is 1. The van der Waals surface area contributed by atoms with Crippen molar-refractivity contribution in [3.63, 3.8) is 0 Å². The van der Waals surface area contributed by atoms with Gasteiger partial charge in [0.05, 0.1) is 0 Å². The molecular formula is C16H30F3NO2S. The van der Waals surface area contributed by atoms with Crippen molar-refractivity contribution in [1.29, 1.82) is 0 Å². The number of halogens is 3. The average molecular weight is 357 g/mol. The van der Waals surface area contributed by atoms with Crippen LogP contribution in [0.3, 0.4) is 0 Å². The molecule has 1 saturated heterocycles. The van der Waals surface area contributed by atoms with E-state index in [2.05, 4.69) is 20.8 Å². The minimum absolute atomic E-state index is 0.0168. The fourth-order valence-electron chi connectivity index (χ4n) is 3.56. The van der Waals surface area contributed by atoms with E-state index in [1.807, 2.05) is 0 Å². The van der Waals surface area contributed by atoms with Gasteiger partial charge in [-0.1, -0.05) is 52.9 Å². The van der Waals surface area contributed by atoms with Gasteiger partial charge in [-0.2, -0.15) is 17.5 Å². The molecule has 1 atom stereocenters. The number of piperidine rings is 1. The molecule has 1 fully saturated rings. The first-order chi connectivity index (χ1) is 10.6. The Balaban J connectivity index is 2.63. The molecule has 1 unspecified atom stereocenters. The zero-order valence-corrected chi connectivity index (χ0v) is 15.3. The Morgan fingerprint density at radius 2 is 1.61 bits per heavy atom. The van der Waals surface area contributed by atoms with Gasteiger partial charge in [0, 0.05) is 13.1 Å². The number of hydrogen-bond donors (Lipinski definition) is 0. The van der Waals surface area contributed by atoms with E-state index in [1.54, 1.807) is 0 Å². The molecule has 23 heavy (non-hydrogen) atoms. The quantitative estimate of drug-likeness (QED) is 0.577. The van der Waals surface area contributed by atoms with Gasteiger partial charge in [-0.25, -0.2) is 8.42 Å². The van der Waals surface area contributed by atoms with Crippen molar-refractivity contribution >= 4 is 10.0 Å². The summed E-state index contributed by atoms with van der Waals surface area (Å²) in [7, 11) is -5.17. The highest BCUT2D eigenvalue weighted by atomic mass is 32.2. The SMILES string of the molecule is CCCCCCC(C)(CC)C1CCN(S(=O)(=O)C(F)(F)F)CC1. The van der Waals surface area contributed by atoms with E-state index in [0.29, 0.717) is 23.1 Å². The third-order valence-electron chi connectivity index (χ3n) is 5.48. The van der Waals surface area contributed by atoms with Crippen molar-refractivity contribution in [1.82, 2.24) is 4.31 Å². The van der Waals surface area contributed by atoms with E-state index < -0.39 is 15.5 Å². The molecule has 1 heterocycles. The zero-order chi connectivity index (χ0) is 17.7. The molecular weight excluding hydrogens is 327 g/mol. The Bertz CT molecular complexity index is 456. The molecule has 7 heteroatoms. The summed E-state index contributed by atoms with van der Waals surface area (Å²) in [5.74, 6) is 0.300. The van der Waals surface area contributed by atoms with Crippen molar-refractivity contribution in [2.24, 2.45) is 11.3 Å². The Labute approximate surface area is 138 Å². The monoisotopic (exact) mass is 357 g/mol. The predicted molar refractivity (Wildman–Crippen MR) is 86.4 cm³/mol. The summed E-state index contributed by atoms with van der Waals surface area (Å²) < 4.78 is 61.4. The molecule has 1 rings (SSSR count). The standard InChI is InChI=1S/C16H30F3NO2S/c1-4-6-7-8-11-15(3,5-2)14-9-12-20(13-10-14)23(21,22)16(17,18)19/h14H,4-13H2,1-3H3. The average Bonchev–Trinajstić information content (AvgIpc) is 2.50. The molecule has 0 aromatic rings. The predicted octanol–water partition coefficient (Wildman–Crippen LogP) is 4.93. The van der Waals surface area contributed by atoms with Gasteiger partial charge in [-0.05, 0) is 30.6 Å². The number of unbranched alkanes of at least 4 members (excludes halogenated alkanes) is 3. The van der Waals surface area contributed by atoms with Gasteiger partial charge in [0.25, 0.3) is 0 Å². The topological polar surface area (TPSA) is 37.4 Å². The van der Waals surface area contributed by atoms with Gasteiger partial charge >= 0.3 is 15.5 Å². The van der Waals surface area contributed by atoms with Crippen LogP contribution in [0.5, 0.6) is 0 Å². The number of hydrogen-bond acceptors (Lipinski definition) is 2. The van der Waals surface area contributed by atoms with Crippen LogP contribution in [-0.2, 0) is 10.0 Å². The highest BCUT2D eigenvalue weighted by Crippen LogP contribution is 2.43. The molecule has 0 aliphatic carbocycles. The summed E-state index contributed by atoms with van der Waals surface area (Å²) >= 11 is 0. The van der Waals surface area contributed by atoms with Crippen LogP contribution in [0.25, 0.3) is 0 Å². The summed E-state index contributed by atoms with van der Waals surface area (Å²) in [4.78, 5) is 0. The van der Waals surface area contributed by atoms with Gasteiger partial charge < -0.3 is 0 Å². The minimum Gasteiger partial charge on any atom is -0.203 e. The molecule has 1 aliphatic rings. The fourth-order valence-corrected chi connectivity index (χ4v) is 4.55. The third kappa shape index (κ3) is 5.08. The number of nitrogens with zero attached hydrogens (tertiary/aromatic N) is 1. The molecule has 0 aromatic carbocycles. The Kier molecular flexibility index (Phi) is 7.38. The Morgan fingerprint density at radius 1 is 1.04 bits per heavy atom. The van der Waals surface area contributed by atoms with Crippen LogP contribution < -0.4 is 0 Å². The second-order valence-electron chi connectivity index (χ2n) is 6.94. The maximum absolute atomic E-state index is 12.6. The van der Waals surface area contributed by atoms with Crippen molar-refractivity contribution in [3.05, 3.63) is 0 Å². The molecule has 0 N–H and O–H groups in total. The molecule has 1 aliphatic heterocycles. The van der Waals surface area contributed by atoms with Crippen molar-refractivity contribution in [2.45, 2.75) is 77.6 Å². The molecule has 3 nitrogen and oxygen atoms in total. The molecule has 0 saturated carbocycles.